The number of H-pyrrole nitrogens is 1. The molecule has 2 aromatic heterocycles. The summed E-state index contributed by atoms with van der Waals surface area (Å²) in [6.07, 6.45) is 7.52. The van der Waals surface area contributed by atoms with Gasteiger partial charge in [0, 0.05) is 44.3 Å². The maximum atomic E-state index is 11.8. The van der Waals surface area contributed by atoms with Crippen molar-refractivity contribution < 1.29 is 0 Å². The standard InChI is InChI=1S/C11H15N5O/c1-2-16-8-7-15-10(11(16)17)14-4-3-9-12-5-6-13-9/h5-8H,2-4H2,1H3,(H,12,13)(H,14,15). The predicted octanol–water partition coefficient (Wildman–Crippen LogP) is 0.641. The van der Waals surface area contributed by atoms with Gasteiger partial charge in [0.15, 0.2) is 5.82 Å². The van der Waals surface area contributed by atoms with E-state index in [4.69, 9.17) is 0 Å². The molecule has 2 rings (SSSR count). The molecule has 6 heteroatoms. The van der Waals surface area contributed by atoms with Crippen molar-refractivity contribution in [3.63, 3.8) is 0 Å². The lowest BCUT2D eigenvalue weighted by Gasteiger charge is -2.06. The van der Waals surface area contributed by atoms with Gasteiger partial charge in [0.25, 0.3) is 5.56 Å². The van der Waals surface area contributed by atoms with Gasteiger partial charge >= 0.3 is 0 Å². The number of aromatic amines is 1. The van der Waals surface area contributed by atoms with Crippen molar-refractivity contribution >= 4 is 5.82 Å². The minimum absolute atomic E-state index is 0.0885. The number of anilines is 1. The highest BCUT2D eigenvalue weighted by atomic mass is 16.1. The SMILES string of the molecule is CCn1ccnc(NCCc2ncc[nH]2)c1=O. The van der Waals surface area contributed by atoms with Gasteiger partial charge in [-0.05, 0) is 6.92 Å². The largest absolute Gasteiger partial charge is 0.365 e. The number of aromatic nitrogens is 4. The molecule has 0 aromatic carbocycles. The van der Waals surface area contributed by atoms with Crippen LogP contribution in [-0.2, 0) is 13.0 Å². The molecule has 0 aliphatic heterocycles. The van der Waals surface area contributed by atoms with E-state index in [1.165, 1.54) is 0 Å². The molecule has 2 aromatic rings. The Labute approximate surface area is 98.7 Å². The average molecular weight is 233 g/mol. The maximum Gasteiger partial charge on any atom is 0.293 e. The number of imidazole rings is 1. The highest BCUT2D eigenvalue weighted by Crippen LogP contribution is 1.95. The molecule has 0 radical (unpaired) electrons. The number of nitrogens with one attached hydrogen (secondary N) is 2. The highest BCUT2D eigenvalue weighted by Gasteiger charge is 2.03. The first kappa shape index (κ1) is 11.4. The highest BCUT2D eigenvalue weighted by molar-refractivity contribution is 5.30. The third kappa shape index (κ3) is 2.72. The molecule has 0 aliphatic rings. The van der Waals surface area contributed by atoms with Gasteiger partial charge in [-0.3, -0.25) is 4.79 Å². The van der Waals surface area contributed by atoms with Crippen LogP contribution in [-0.4, -0.2) is 26.1 Å². The van der Waals surface area contributed by atoms with E-state index in [-0.39, 0.29) is 5.56 Å². The molecular formula is C11H15N5O. The van der Waals surface area contributed by atoms with Crippen molar-refractivity contribution in [3.8, 4) is 0 Å². The Morgan fingerprint density at radius 2 is 2.29 bits per heavy atom. The first-order valence-corrected chi connectivity index (χ1v) is 5.59. The molecule has 90 valence electrons. The zero-order valence-corrected chi connectivity index (χ0v) is 9.68. The van der Waals surface area contributed by atoms with Gasteiger partial charge in [-0.1, -0.05) is 0 Å². The quantitative estimate of drug-likeness (QED) is 0.794. The van der Waals surface area contributed by atoms with Gasteiger partial charge in [-0.25, -0.2) is 9.97 Å². The van der Waals surface area contributed by atoms with Crippen molar-refractivity contribution in [2.75, 3.05) is 11.9 Å². The van der Waals surface area contributed by atoms with E-state index in [1.807, 2.05) is 6.92 Å². The van der Waals surface area contributed by atoms with Crippen LogP contribution in [0.1, 0.15) is 12.7 Å². The van der Waals surface area contributed by atoms with Crippen LogP contribution in [0, 0.1) is 0 Å². The van der Waals surface area contributed by atoms with E-state index in [0.717, 1.165) is 12.2 Å². The summed E-state index contributed by atoms with van der Waals surface area (Å²) in [5, 5.41) is 3.02. The molecule has 0 unspecified atom stereocenters. The van der Waals surface area contributed by atoms with Gasteiger partial charge in [0.05, 0.1) is 0 Å². The fourth-order valence-electron chi connectivity index (χ4n) is 1.55. The van der Waals surface area contributed by atoms with Gasteiger partial charge in [0.1, 0.15) is 5.82 Å². The first-order valence-electron chi connectivity index (χ1n) is 5.59. The summed E-state index contributed by atoms with van der Waals surface area (Å²) in [5.41, 5.74) is -0.0885. The Balaban J connectivity index is 1.97. The van der Waals surface area contributed by atoms with Crippen LogP contribution in [0.5, 0.6) is 0 Å². The summed E-state index contributed by atoms with van der Waals surface area (Å²) in [5.74, 6) is 1.28. The minimum atomic E-state index is -0.0885. The Kier molecular flexibility index (Phi) is 3.54. The van der Waals surface area contributed by atoms with Crippen LogP contribution < -0.4 is 10.9 Å². The van der Waals surface area contributed by atoms with Crippen LogP contribution in [0.4, 0.5) is 5.82 Å². The van der Waals surface area contributed by atoms with Gasteiger partial charge < -0.3 is 14.9 Å². The molecule has 2 N–H and O–H groups in total. The molecule has 0 bridgehead atoms. The van der Waals surface area contributed by atoms with Crippen LogP contribution in [0.3, 0.4) is 0 Å². The Morgan fingerprint density at radius 1 is 1.41 bits per heavy atom. The topological polar surface area (TPSA) is 75.6 Å². The fourth-order valence-corrected chi connectivity index (χ4v) is 1.55. The lowest BCUT2D eigenvalue weighted by molar-refractivity contribution is 0.718. The zero-order valence-electron chi connectivity index (χ0n) is 9.68. The molecule has 0 atom stereocenters. The third-order valence-electron chi connectivity index (χ3n) is 2.46. The summed E-state index contributed by atoms with van der Waals surface area (Å²) in [6.45, 7) is 3.20. The van der Waals surface area contributed by atoms with E-state index in [1.54, 1.807) is 29.4 Å². The summed E-state index contributed by atoms with van der Waals surface area (Å²) < 4.78 is 1.61. The molecule has 17 heavy (non-hydrogen) atoms. The number of rotatable bonds is 5. The summed E-state index contributed by atoms with van der Waals surface area (Å²) in [6, 6.07) is 0. The molecule has 0 saturated heterocycles. The maximum absolute atomic E-state index is 11.8. The van der Waals surface area contributed by atoms with Crippen molar-refractivity contribution in [1.82, 2.24) is 19.5 Å². The van der Waals surface area contributed by atoms with E-state index in [0.29, 0.717) is 18.9 Å². The molecule has 6 nitrogen and oxygen atoms in total. The van der Waals surface area contributed by atoms with Crippen molar-refractivity contribution in [3.05, 3.63) is 41.0 Å². The molecule has 0 saturated carbocycles. The Hall–Kier alpha value is -2.11. The molecular weight excluding hydrogens is 218 g/mol. The van der Waals surface area contributed by atoms with E-state index < -0.39 is 0 Å². The van der Waals surface area contributed by atoms with Crippen molar-refractivity contribution in [2.45, 2.75) is 19.9 Å². The van der Waals surface area contributed by atoms with Crippen molar-refractivity contribution in [1.29, 1.82) is 0 Å². The molecule has 0 aliphatic carbocycles. The molecule has 0 fully saturated rings. The van der Waals surface area contributed by atoms with Crippen LogP contribution in [0.15, 0.2) is 29.6 Å². The second-order valence-electron chi connectivity index (χ2n) is 3.58. The summed E-state index contributed by atoms with van der Waals surface area (Å²) in [7, 11) is 0. The normalized spacial score (nSPS) is 10.4. The lowest BCUT2D eigenvalue weighted by Crippen LogP contribution is -2.24. The second-order valence-corrected chi connectivity index (χ2v) is 3.58. The second kappa shape index (κ2) is 5.29. The van der Waals surface area contributed by atoms with Gasteiger partial charge in [0.2, 0.25) is 0 Å². The van der Waals surface area contributed by atoms with Crippen LogP contribution in [0.2, 0.25) is 0 Å². The van der Waals surface area contributed by atoms with Gasteiger partial charge in [-0.15, -0.1) is 0 Å². The van der Waals surface area contributed by atoms with E-state index >= 15 is 0 Å². The summed E-state index contributed by atoms with van der Waals surface area (Å²) >= 11 is 0. The Bertz CT molecular complexity index is 517. The molecule has 0 amide bonds. The number of hydrogen-bond acceptors (Lipinski definition) is 4. The van der Waals surface area contributed by atoms with Crippen LogP contribution in [0.25, 0.3) is 0 Å². The van der Waals surface area contributed by atoms with E-state index in [2.05, 4.69) is 20.3 Å². The fraction of sp³-hybridized carbons (Fsp3) is 0.364. The third-order valence-corrected chi connectivity index (χ3v) is 2.46. The minimum Gasteiger partial charge on any atom is -0.365 e. The number of aryl methyl sites for hydroxylation is 1. The van der Waals surface area contributed by atoms with E-state index in [9.17, 15) is 4.79 Å². The number of hydrogen-bond donors (Lipinski definition) is 2. The smallest absolute Gasteiger partial charge is 0.293 e. The number of nitrogens with zero attached hydrogens (tertiary/aromatic N) is 3. The first-order chi connectivity index (χ1) is 8.31. The monoisotopic (exact) mass is 233 g/mol. The summed E-state index contributed by atoms with van der Waals surface area (Å²) in [4.78, 5) is 22.9. The van der Waals surface area contributed by atoms with Gasteiger partial charge in [-0.2, -0.15) is 0 Å². The molecule has 2 heterocycles. The lowest BCUT2D eigenvalue weighted by atomic mass is 10.4. The average Bonchev–Trinajstić information content (AvgIpc) is 2.84. The van der Waals surface area contributed by atoms with Crippen LogP contribution >= 0.6 is 0 Å². The zero-order chi connectivity index (χ0) is 12.1. The Morgan fingerprint density at radius 3 is 3.00 bits per heavy atom. The molecule has 0 spiro atoms. The van der Waals surface area contributed by atoms with Crippen molar-refractivity contribution in [2.24, 2.45) is 0 Å². The predicted molar refractivity (Wildman–Crippen MR) is 65.0 cm³/mol.